The predicted octanol–water partition coefficient (Wildman–Crippen LogP) is 2.13. The van der Waals surface area contributed by atoms with Crippen LogP contribution in [-0.4, -0.2) is 5.78 Å². The highest BCUT2D eigenvalue weighted by Crippen LogP contribution is 2.05. The van der Waals surface area contributed by atoms with Crippen LogP contribution in [0.15, 0.2) is 18.2 Å². The fraction of sp³-hybridized carbons (Fsp3) is 0.500. The Balaban J connectivity index is 3.11. The minimum atomic E-state index is -0.0406. The van der Waals surface area contributed by atoms with Crippen LogP contribution in [0, 0.1) is 13.8 Å². The second-order valence-electron chi connectivity index (χ2n) is 3.67. The molecule has 0 N–H and O–H groups in total. The highest BCUT2D eigenvalue weighted by atomic mass is 16.1. The summed E-state index contributed by atoms with van der Waals surface area (Å²) in [6, 6.07) is 6.05. The first-order chi connectivity index (χ1) is 6.57. The predicted molar refractivity (Wildman–Crippen MR) is 56.1 cm³/mol. The number of hydrogen-bond donors (Lipinski definition) is 0. The number of Topliss-reactive ketones (excluding diaryl/α,β-unsaturated/α-hetero) is 1. The van der Waals surface area contributed by atoms with Crippen molar-refractivity contribution in [2.24, 2.45) is 0 Å². The summed E-state index contributed by atoms with van der Waals surface area (Å²) in [5.41, 5.74) is 2.28. The molecule has 0 aromatic carbocycles. The van der Waals surface area contributed by atoms with Crippen molar-refractivity contribution in [1.29, 1.82) is 0 Å². The largest absolute Gasteiger partial charge is 0.292 e. The van der Waals surface area contributed by atoms with Gasteiger partial charge in [-0.15, -0.1) is 0 Å². The van der Waals surface area contributed by atoms with Gasteiger partial charge in [0.25, 0.3) is 0 Å². The van der Waals surface area contributed by atoms with E-state index < -0.39 is 0 Å². The highest BCUT2D eigenvalue weighted by molar-refractivity contribution is 5.80. The van der Waals surface area contributed by atoms with Crippen LogP contribution in [0.3, 0.4) is 0 Å². The summed E-state index contributed by atoms with van der Waals surface area (Å²) in [5.74, 6) is 0.285. The van der Waals surface area contributed by atoms with E-state index in [-0.39, 0.29) is 11.8 Å². The molecule has 76 valence electrons. The van der Waals surface area contributed by atoms with E-state index >= 15 is 0 Å². The number of aryl methyl sites for hydroxylation is 2. The van der Waals surface area contributed by atoms with Gasteiger partial charge in [0.15, 0.2) is 17.2 Å². The molecule has 0 saturated carbocycles. The smallest absolute Gasteiger partial charge is 0.213 e. The van der Waals surface area contributed by atoms with Crippen LogP contribution in [0.4, 0.5) is 0 Å². The first-order valence-electron chi connectivity index (χ1n) is 5.08. The average Bonchev–Trinajstić information content (AvgIpc) is 2.16. The number of nitrogens with zero attached hydrogens (tertiary/aromatic N) is 1. The van der Waals surface area contributed by atoms with Gasteiger partial charge >= 0.3 is 0 Å². The van der Waals surface area contributed by atoms with Gasteiger partial charge in [-0.2, -0.15) is 4.57 Å². The molecule has 0 spiro atoms. The summed E-state index contributed by atoms with van der Waals surface area (Å²) in [7, 11) is 0. The van der Waals surface area contributed by atoms with Gasteiger partial charge in [-0.3, -0.25) is 4.79 Å². The van der Waals surface area contributed by atoms with Crippen LogP contribution in [-0.2, 0) is 4.79 Å². The van der Waals surface area contributed by atoms with Gasteiger partial charge in [-0.1, -0.05) is 6.92 Å². The van der Waals surface area contributed by atoms with Gasteiger partial charge in [0, 0.05) is 39.3 Å². The van der Waals surface area contributed by atoms with Gasteiger partial charge in [-0.25, -0.2) is 0 Å². The number of ketones is 1. The molecule has 0 bridgehead atoms. The van der Waals surface area contributed by atoms with Gasteiger partial charge in [-0.05, 0) is 6.07 Å². The zero-order valence-corrected chi connectivity index (χ0v) is 9.37. The third-order valence-corrected chi connectivity index (χ3v) is 2.64. The lowest BCUT2D eigenvalue weighted by Gasteiger charge is -2.09. The fourth-order valence-corrected chi connectivity index (χ4v) is 1.82. The van der Waals surface area contributed by atoms with Crippen molar-refractivity contribution in [3.05, 3.63) is 29.6 Å². The molecule has 0 aliphatic carbocycles. The summed E-state index contributed by atoms with van der Waals surface area (Å²) in [4.78, 5) is 11.6. The standard InChI is InChI=1S/C12H18NO/c1-5-12(14)11(4)13-9(2)7-6-8-10(13)3/h6-8,11H,5H2,1-4H3/q+1. The molecule has 0 fully saturated rings. The molecule has 0 amide bonds. The zero-order valence-electron chi connectivity index (χ0n) is 9.37. The Kier molecular flexibility index (Phi) is 3.39. The molecule has 1 heterocycles. The molecule has 0 aliphatic heterocycles. The lowest BCUT2D eigenvalue weighted by molar-refractivity contribution is -0.717. The average molecular weight is 192 g/mol. The molecular weight excluding hydrogens is 174 g/mol. The number of carbonyl (C=O) groups excluding carboxylic acids is 1. The Hall–Kier alpha value is -1.18. The van der Waals surface area contributed by atoms with Crippen LogP contribution < -0.4 is 4.57 Å². The van der Waals surface area contributed by atoms with E-state index in [4.69, 9.17) is 0 Å². The number of hydrogen-bond acceptors (Lipinski definition) is 1. The van der Waals surface area contributed by atoms with Gasteiger partial charge in [0.2, 0.25) is 6.04 Å². The van der Waals surface area contributed by atoms with Crippen molar-refractivity contribution in [2.75, 3.05) is 0 Å². The second-order valence-corrected chi connectivity index (χ2v) is 3.67. The second kappa shape index (κ2) is 4.36. The molecule has 1 aromatic rings. The number of carbonyl (C=O) groups is 1. The van der Waals surface area contributed by atoms with E-state index in [0.29, 0.717) is 6.42 Å². The summed E-state index contributed by atoms with van der Waals surface area (Å²) in [6.07, 6.45) is 0.599. The fourth-order valence-electron chi connectivity index (χ4n) is 1.82. The lowest BCUT2D eigenvalue weighted by Crippen LogP contribution is -2.47. The maximum Gasteiger partial charge on any atom is 0.213 e. The van der Waals surface area contributed by atoms with E-state index in [1.54, 1.807) is 0 Å². The van der Waals surface area contributed by atoms with Crippen LogP contribution in [0.25, 0.3) is 0 Å². The van der Waals surface area contributed by atoms with Crippen LogP contribution >= 0.6 is 0 Å². The maximum absolute atomic E-state index is 11.6. The highest BCUT2D eigenvalue weighted by Gasteiger charge is 2.23. The summed E-state index contributed by atoms with van der Waals surface area (Å²) in [5, 5.41) is 0. The Bertz CT molecular complexity index is 324. The summed E-state index contributed by atoms with van der Waals surface area (Å²) in [6.45, 7) is 7.94. The Labute approximate surface area is 85.6 Å². The molecule has 1 rings (SSSR count). The molecule has 0 radical (unpaired) electrons. The maximum atomic E-state index is 11.6. The minimum absolute atomic E-state index is 0.0406. The van der Waals surface area contributed by atoms with Gasteiger partial charge in [0.1, 0.15) is 0 Å². The topological polar surface area (TPSA) is 20.9 Å². The molecule has 2 heteroatoms. The monoisotopic (exact) mass is 192 g/mol. The van der Waals surface area contributed by atoms with E-state index in [1.807, 2.05) is 45.9 Å². The molecule has 14 heavy (non-hydrogen) atoms. The lowest BCUT2D eigenvalue weighted by atomic mass is 10.1. The zero-order chi connectivity index (χ0) is 10.7. The Morgan fingerprint density at radius 1 is 1.36 bits per heavy atom. The van der Waals surface area contributed by atoms with E-state index in [0.717, 1.165) is 11.4 Å². The Morgan fingerprint density at radius 2 is 1.86 bits per heavy atom. The van der Waals surface area contributed by atoms with Gasteiger partial charge in [0.05, 0.1) is 0 Å². The molecular formula is C12H18NO+. The first-order valence-corrected chi connectivity index (χ1v) is 5.08. The first kappa shape index (κ1) is 10.9. The van der Waals surface area contributed by atoms with Crippen molar-refractivity contribution in [3.8, 4) is 0 Å². The molecule has 1 aromatic heterocycles. The van der Waals surface area contributed by atoms with Gasteiger partial charge < -0.3 is 0 Å². The summed E-state index contributed by atoms with van der Waals surface area (Å²) < 4.78 is 2.09. The van der Waals surface area contributed by atoms with Crippen LogP contribution in [0.5, 0.6) is 0 Å². The summed E-state index contributed by atoms with van der Waals surface area (Å²) >= 11 is 0. The molecule has 1 atom stereocenters. The number of pyridine rings is 1. The molecule has 2 nitrogen and oxygen atoms in total. The normalized spacial score (nSPS) is 12.6. The van der Waals surface area contributed by atoms with Crippen molar-refractivity contribution in [2.45, 2.75) is 40.2 Å². The Morgan fingerprint density at radius 3 is 2.29 bits per heavy atom. The van der Waals surface area contributed by atoms with Crippen molar-refractivity contribution >= 4 is 5.78 Å². The van der Waals surface area contributed by atoms with Crippen molar-refractivity contribution in [3.63, 3.8) is 0 Å². The third kappa shape index (κ3) is 2.00. The SMILES string of the molecule is CCC(=O)C(C)[n+]1c(C)cccc1C. The number of aromatic nitrogens is 1. The molecule has 0 saturated heterocycles. The quantitative estimate of drug-likeness (QED) is 0.672. The molecule has 1 unspecified atom stereocenters. The van der Waals surface area contributed by atoms with E-state index in [9.17, 15) is 4.79 Å². The van der Waals surface area contributed by atoms with E-state index in [1.165, 1.54) is 0 Å². The molecule has 0 aliphatic rings. The van der Waals surface area contributed by atoms with Crippen LogP contribution in [0.1, 0.15) is 37.7 Å². The van der Waals surface area contributed by atoms with Crippen molar-refractivity contribution < 1.29 is 9.36 Å². The minimum Gasteiger partial charge on any atom is -0.292 e. The third-order valence-electron chi connectivity index (χ3n) is 2.64. The van der Waals surface area contributed by atoms with E-state index in [2.05, 4.69) is 4.57 Å². The number of rotatable bonds is 3. The van der Waals surface area contributed by atoms with Crippen molar-refractivity contribution in [1.82, 2.24) is 0 Å². The van der Waals surface area contributed by atoms with Crippen LogP contribution in [0.2, 0.25) is 0 Å².